The molecule has 0 saturated heterocycles. The van der Waals surface area contributed by atoms with Crippen molar-refractivity contribution in [3.05, 3.63) is 59.9 Å². The van der Waals surface area contributed by atoms with Gasteiger partial charge in [0, 0.05) is 24.0 Å². The number of furan rings is 1. The molecule has 160 valence electrons. The molecule has 0 atom stereocenters. The largest absolute Gasteiger partial charge is 0.506 e. The smallest absolute Gasteiger partial charge is 0.197 e. The van der Waals surface area contributed by atoms with Gasteiger partial charge in [0.05, 0.1) is 12.7 Å². The Morgan fingerprint density at radius 2 is 1.70 bits per heavy atom. The van der Waals surface area contributed by atoms with E-state index < -0.39 is 0 Å². The first kappa shape index (κ1) is 23.5. The molecule has 0 aliphatic rings. The number of hydrogen-bond donors (Lipinski definition) is 2. The second-order valence-corrected chi connectivity index (χ2v) is 9.81. The summed E-state index contributed by atoms with van der Waals surface area (Å²) in [6.07, 6.45) is 6.47. The van der Waals surface area contributed by atoms with Crippen LogP contribution in [0.2, 0.25) is 0 Å². The van der Waals surface area contributed by atoms with Crippen LogP contribution >= 0.6 is 45.2 Å². The van der Waals surface area contributed by atoms with Crippen LogP contribution in [0.15, 0.2) is 34.7 Å². The number of phenolic OH excluding ortho intramolecular Hbond substituents is 1. The Balaban J connectivity index is 2.03. The highest BCUT2D eigenvalue weighted by molar-refractivity contribution is 14.1. The van der Waals surface area contributed by atoms with Gasteiger partial charge in [-0.1, -0.05) is 31.9 Å². The Hall–Kier alpha value is -1.13. The first-order valence-corrected chi connectivity index (χ1v) is 12.5. The molecular weight excluding hydrogens is 606 g/mol. The first-order chi connectivity index (χ1) is 14.5. The van der Waals surface area contributed by atoms with Gasteiger partial charge in [-0.05, 0) is 94.6 Å². The highest BCUT2D eigenvalue weighted by Crippen LogP contribution is 2.33. The zero-order valence-electron chi connectivity index (χ0n) is 17.0. The molecule has 1 heterocycles. The minimum atomic E-state index is -0.0656. The molecule has 0 bridgehead atoms. The van der Waals surface area contributed by atoms with Crippen molar-refractivity contribution < 1.29 is 19.4 Å². The van der Waals surface area contributed by atoms with Crippen LogP contribution in [0.25, 0.3) is 11.0 Å². The molecular formula is C24H26I2O4. The number of hydrogen-bond acceptors (Lipinski definition) is 4. The summed E-state index contributed by atoms with van der Waals surface area (Å²) in [7, 11) is 0. The second kappa shape index (κ2) is 10.9. The maximum Gasteiger partial charge on any atom is 0.197 e. The minimum Gasteiger partial charge on any atom is -0.506 e. The van der Waals surface area contributed by atoms with E-state index in [2.05, 4.69) is 52.1 Å². The Kier molecular flexibility index (Phi) is 8.59. The monoisotopic (exact) mass is 632 g/mol. The maximum atomic E-state index is 13.5. The second-order valence-electron chi connectivity index (χ2n) is 7.49. The van der Waals surface area contributed by atoms with Crippen LogP contribution in [-0.4, -0.2) is 22.6 Å². The summed E-state index contributed by atoms with van der Waals surface area (Å²) in [4.78, 5) is 13.5. The molecule has 0 saturated carbocycles. The van der Waals surface area contributed by atoms with E-state index in [1.165, 1.54) is 0 Å². The van der Waals surface area contributed by atoms with Crippen molar-refractivity contribution in [2.75, 3.05) is 6.61 Å². The molecule has 0 radical (unpaired) electrons. The lowest BCUT2D eigenvalue weighted by atomic mass is 9.97. The summed E-state index contributed by atoms with van der Waals surface area (Å²) in [5, 5.41) is 19.9. The summed E-state index contributed by atoms with van der Waals surface area (Å²) >= 11 is 4.11. The number of halogens is 2. The average molecular weight is 632 g/mol. The van der Waals surface area contributed by atoms with Gasteiger partial charge < -0.3 is 14.6 Å². The van der Waals surface area contributed by atoms with Crippen LogP contribution in [0.4, 0.5) is 0 Å². The topological polar surface area (TPSA) is 70.7 Å². The third-order valence-electron chi connectivity index (χ3n) is 5.21. The fourth-order valence-corrected chi connectivity index (χ4v) is 5.36. The number of fused-ring (bicyclic) bond motifs is 1. The van der Waals surface area contributed by atoms with Crippen LogP contribution in [0.3, 0.4) is 0 Å². The summed E-state index contributed by atoms with van der Waals surface area (Å²) < 4.78 is 7.52. The molecule has 6 heteroatoms. The zero-order valence-corrected chi connectivity index (χ0v) is 21.3. The fourth-order valence-electron chi connectivity index (χ4n) is 3.59. The van der Waals surface area contributed by atoms with E-state index in [9.17, 15) is 9.90 Å². The Morgan fingerprint density at radius 1 is 1.00 bits per heavy atom. The van der Waals surface area contributed by atoms with Gasteiger partial charge in [0.15, 0.2) is 5.78 Å². The number of rotatable bonds is 10. The van der Waals surface area contributed by atoms with Crippen molar-refractivity contribution in [2.24, 2.45) is 0 Å². The number of carbonyl (C=O) groups is 1. The Labute approximate surface area is 204 Å². The molecule has 0 aliphatic heterocycles. The van der Waals surface area contributed by atoms with Gasteiger partial charge in [-0.15, -0.1) is 0 Å². The maximum absolute atomic E-state index is 13.5. The number of carbonyl (C=O) groups excluding carboxylic acids is 1. The molecule has 0 fully saturated rings. The summed E-state index contributed by atoms with van der Waals surface area (Å²) in [5.74, 6) is 0.888. The predicted molar refractivity (Wildman–Crippen MR) is 136 cm³/mol. The number of aliphatic hydroxyl groups is 1. The third-order valence-corrected chi connectivity index (χ3v) is 6.86. The summed E-state index contributed by atoms with van der Waals surface area (Å²) in [5.41, 5.74) is 3.10. The first-order valence-electron chi connectivity index (χ1n) is 10.3. The van der Waals surface area contributed by atoms with Gasteiger partial charge in [0.25, 0.3) is 0 Å². The molecule has 3 rings (SSSR count). The Bertz CT molecular complexity index is 1020. The van der Waals surface area contributed by atoms with Crippen LogP contribution < -0.4 is 0 Å². The van der Waals surface area contributed by atoms with Crippen LogP contribution in [0, 0.1) is 7.14 Å². The highest BCUT2D eigenvalue weighted by Gasteiger charge is 2.23. The molecule has 0 amide bonds. The van der Waals surface area contributed by atoms with E-state index in [4.69, 9.17) is 9.52 Å². The van der Waals surface area contributed by atoms with E-state index in [1.807, 2.05) is 18.2 Å². The number of phenols is 1. The molecule has 2 N–H and O–H groups in total. The number of benzene rings is 2. The number of aromatic hydroxyl groups is 1. The van der Waals surface area contributed by atoms with Crippen molar-refractivity contribution in [1.29, 1.82) is 0 Å². The number of aliphatic hydroxyl groups excluding tert-OH is 1. The fraction of sp³-hybridized carbons (Fsp3) is 0.375. The molecule has 0 aliphatic carbocycles. The third kappa shape index (κ3) is 5.37. The van der Waals surface area contributed by atoms with E-state index in [1.54, 1.807) is 12.1 Å². The van der Waals surface area contributed by atoms with Crippen LogP contribution in [0.5, 0.6) is 5.75 Å². The van der Waals surface area contributed by atoms with E-state index in [-0.39, 0.29) is 18.1 Å². The molecule has 4 nitrogen and oxygen atoms in total. The van der Waals surface area contributed by atoms with Gasteiger partial charge in [-0.25, -0.2) is 0 Å². The number of unbranched alkanes of at least 4 members (excludes halogenated alkanes) is 3. The van der Waals surface area contributed by atoms with Gasteiger partial charge in [-0.2, -0.15) is 0 Å². The van der Waals surface area contributed by atoms with Crippen molar-refractivity contribution >= 4 is 61.9 Å². The van der Waals surface area contributed by atoms with Crippen molar-refractivity contribution in [2.45, 2.75) is 51.9 Å². The van der Waals surface area contributed by atoms with E-state index in [0.29, 0.717) is 18.3 Å². The molecule has 3 aromatic rings. The van der Waals surface area contributed by atoms with Crippen LogP contribution in [0.1, 0.15) is 66.3 Å². The van der Waals surface area contributed by atoms with Crippen molar-refractivity contribution in [3.8, 4) is 5.75 Å². The highest BCUT2D eigenvalue weighted by atomic mass is 127. The lowest BCUT2D eigenvalue weighted by Gasteiger charge is -2.07. The zero-order chi connectivity index (χ0) is 21.7. The number of aryl methyl sites for hydroxylation is 2. The summed E-state index contributed by atoms with van der Waals surface area (Å²) in [6.45, 7) is 2.36. The van der Waals surface area contributed by atoms with Crippen LogP contribution in [-0.2, 0) is 12.8 Å². The van der Waals surface area contributed by atoms with Gasteiger partial charge in [-0.3, -0.25) is 4.79 Å². The molecule has 2 aromatic carbocycles. The molecule has 0 unspecified atom stereocenters. The van der Waals surface area contributed by atoms with Gasteiger partial charge in [0.2, 0.25) is 0 Å². The number of ketones is 1. The minimum absolute atomic E-state index is 0.0656. The lowest BCUT2D eigenvalue weighted by molar-refractivity contribution is 0.103. The molecule has 0 spiro atoms. The summed E-state index contributed by atoms with van der Waals surface area (Å²) in [6, 6.07) is 9.53. The Morgan fingerprint density at radius 3 is 2.37 bits per heavy atom. The normalized spacial score (nSPS) is 11.3. The predicted octanol–water partition coefficient (Wildman–Crippen LogP) is 6.63. The standard InChI is InChI=1S/C24H26I2O4/c1-2-3-4-8-20-22(23(28)16-13-18(25)24(29)19(26)14-16)17-10-9-15(7-5-6-11-27)12-21(17)30-20/h9-10,12-14,27,29H,2-8,11H2,1H3. The SMILES string of the molecule is CCCCCc1oc2cc(CCCCO)ccc2c1C(=O)c1cc(I)c(O)c(I)c1. The van der Waals surface area contributed by atoms with Gasteiger partial charge in [0.1, 0.15) is 17.1 Å². The molecule has 1 aromatic heterocycles. The van der Waals surface area contributed by atoms with Crippen molar-refractivity contribution in [1.82, 2.24) is 0 Å². The lowest BCUT2D eigenvalue weighted by Crippen LogP contribution is -2.05. The quantitative estimate of drug-likeness (QED) is 0.150. The van der Waals surface area contributed by atoms with E-state index in [0.717, 1.165) is 67.2 Å². The molecule has 30 heavy (non-hydrogen) atoms. The van der Waals surface area contributed by atoms with Crippen molar-refractivity contribution in [3.63, 3.8) is 0 Å². The average Bonchev–Trinajstić information content (AvgIpc) is 3.09. The van der Waals surface area contributed by atoms with Gasteiger partial charge >= 0.3 is 0 Å². The van der Waals surface area contributed by atoms with E-state index >= 15 is 0 Å².